The van der Waals surface area contributed by atoms with E-state index in [1.807, 2.05) is 59.5 Å². The van der Waals surface area contributed by atoms with Crippen molar-refractivity contribution in [3.63, 3.8) is 0 Å². The van der Waals surface area contributed by atoms with Crippen LogP contribution in [0.25, 0.3) is 0 Å². The number of benzene rings is 1. The Balaban J connectivity index is 1.43. The highest BCUT2D eigenvalue weighted by molar-refractivity contribution is 5.78. The van der Waals surface area contributed by atoms with E-state index in [2.05, 4.69) is 11.1 Å². The molecule has 1 aromatic carbocycles. The summed E-state index contributed by atoms with van der Waals surface area (Å²) in [6.07, 6.45) is 2.50. The van der Waals surface area contributed by atoms with Gasteiger partial charge in [-0.05, 0) is 42.0 Å². The van der Waals surface area contributed by atoms with Gasteiger partial charge in [-0.2, -0.15) is 0 Å². The maximum Gasteiger partial charge on any atom is 0.228 e. The summed E-state index contributed by atoms with van der Waals surface area (Å²) in [7, 11) is 1.67. The van der Waals surface area contributed by atoms with Crippen molar-refractivity contribution in [3.05, 3.63) is 89.5 Å². The summed E-state index contributed by atoms with van der Waals surface area (Å²) in [4.78, 5) is 23.6. The van der Waals surface area contributed by atoms with Gasteiger partial charge < -0.3 is 14.4 Å². The van der Waals surface area contributed by atoms with Gasteiger partial charge in [-0.15, -0.1) is 0 Å². The molecule has 0 saturated carbocycles. The predicted octanol–water partition coefficient (Wildman–Crippen LogP) is 3.22. The van der Waals surface area contributed by atoms with Crippen molar-refractivity contribution in [1.29, 1.82) is 0 Å². The van der Waals surface area contributed by atoms with Gasteiger partial charge in [0.15, 0.2) is 0 Å². The molecule has 1 fully saturated rings. The van der Waals surface area contributed by atoms with E-state index in [0.29, 0.717) is 32.5 Å². The quantitative estimate of drug-likeness (QED) is 0.632. The summed E-state index contributed by atoms with van der Waals surface area (Å²) >= 11 is 0. The van der Waals surface area contributed by atoms with Gasteiger partial charge >= 0.3 is 0 Å². The Kier molecular flexibility index (Phi) is 6.35. The third-order valence-electron chi connectivity index (χ3n) is 5.16. The number of amides is 1. The van der Waals surface area contributed by atoms with E-state index in [4.69, 9.17) is 14.5 Å². The first-order chi connectivity index (χ1) is 14.7. The minimum atomic E-state index is -0.225. The van der Waals surface area contributed by atoms with Gasteiger partial charge in [0, 0.05) is 30.6 Å². The Hall–Kier alpha value is -3.25. The first-order valence-corrected chi connectivity index (χ1v) is 10.1. The fourth-order valence-corrected chi connectivity index (χ4v) is 3.59. The van der Waals surface area contributed by atoms with Crippen LogP contribution in [-0.2, 0) is 22.4 Å². The minimum absolute atomic E-state index is 0.0644. The second-order valence-electron chi connectivity index (χ2n) is 7.28. The number of hydrogen-bond acceptors (Lipinski definition) is 5. The zero-order chi connectivity index (χ0) is 20.8. The topological polar surface area (TPSA) is 64.5 Å². The molecule has 0 N–H and O–H groups in total. The number of carbonyl (C=O) groups excluding carboxylic acids is 1. The van der Waals surface area contributed by atoms with Gasteiger partial charge in [-0.25, -0.2) is 0 Å². The van der Waals surface area contributed by atoms with Crippen LogP contribution in [0.3, 0.4) is 0 Å². The van der Waals surface area contributed by atoms with Gasteiger partial charge in [0.1, 0.15) is 11.9 Å². The summed E-state index contributed by atoms with van der Waals surface area (Å²) in [5.41, 5.74) is 3.73. The second kappa shape index (κ2) is 9.50. The maximum absolute atomic E-state index is 12.7. The average Bonchev–Trinajstić information content (AvgIpc) is 2.80. The van der Waals surface area contributed by atoms with E-state index in [1.165, 1.54) is 0 Å². The number of rotatable bonds is 6. The molecule has 0 bridgehead atoms. The standard InChI is InChI=1S/C24H25N3O3/c1-29-21-9-4-6-18(15-21)14-20-8-5-10-22(26-20)23-17-27(12-13-30-23)24(28)16-19-7-2-3-11-25-19/h2-11,15,23H,12-14,16-17H2,1H3. The van der Waals surface area contributed by atoms with Gasteiger partial charge in [0.25, 0.3) is 0 Å². The maximum atomic E-state index is 12.7. The Morgan fingerprint density at radius 3 is 2.83 bits per heavy atom. The van der Waals surface area contributed by atoms with Crippen molar-refractivity contribution in [1.82, 2.24) is 14.9 Å². The number of hydrogen-bond donors (Lipinski definition) is 0. The minimum Gasteiger partial charge on any atom is -0.497 e. The highest BCUT2D eigenvalue weighted by Crippen LogP contribution is 2.22. The normalized spacial score (nSPS) is 16.3. The van der Waals surface area contributed by atoms with E-state index >= 15 is 0 Å². The molecule has 1 aliphatic rings. The van der Waals surface area contributed by atoms with Crippen LogP contribution in [0.2, 0.25) is 0 Å². The lowest BCUT2D eigenvalue weighted by molar-refractivity contribution is -0.138. The first-order valence-electron chi connectivity index (χ1n) is 10.1. The van der Waals surface area contributed by atoms with Crippen molar-refractivity contribution in [2.75, 3.05) is 26.8 Å². The lowest BCUT2D eigenvalue weighted by Crippen LogP contribution is -2.43. The van der Waals surface area contributed by atoms with Crippen molar-refractivity contribution >= 4 is 5.91 Å². The Morgan fingerprint density at radius 2 is 2.00 bits per heavy atom. The molecule has 30 heavy (non-hydrogen) atoms. The first kappa shape index (κ1) is 20.0. The number of nitrogens with zero attached hydrogens (tertiary/aromatic N) is 3. The van der Waals surface area contributed by atoms with Crippen LogP contribution in [0.4, 0.5) is 0 Å². The molecule has 1 atom stereocenters. The highest BCUT2D eigenvalue weighted by atomic mass is 16.5. The van der Waals surface area contributed by atoms with Crippen LogP contribution in [0.15, 0.2) is 66.9 Å². The number of carbonyl (C=O) groups is 1. The third kappa shape index (κ3) is 5.02. The molecule has 6 heteroatoms. The van der Waals surface area contributed by atoms with Crippen molar-refractivity contribution in [3.8, 4) is 5.75 Å². The molecular formula is C24H25N3O3. The summed E-state index contributed by atoms with van der Waals surface area (Å²) in [5, 5.41) is 0. The summed E-state index contributed by atoms with van der Waals surface area (Å²) in [6, 6.07) is 19.6. The fraction of sp³-hybridized carbons (Fsp3) is 0.292. The molecule has 1 amide bonds. The molecule has 154 valence electrons. The van der Waals surface area contributed by atoms with E-state index in [1.54, 1.807) is 13.3 Å². The number of morpholine rings is 1. The molecule has 1 unspecified atom stereocenters. The third-order valence-corrected chi connectivity index (χ3v) is 5.16. The number of aromatic nitrogens is 2. The Bertz CT molecular complexity index is 994. The zero-order valence-corrected chi connectivity index (χ0v) is 17.0. The molecule has 0 spiro atoms. The van der Waals surface area contributed by atoms with Gasteiger partial charge in [-0.1, -0.05) is 24.3 Å². The van der Waals surface area contributed by atoms with Crippen molar-refractivity contribution < 1.29 is 14.3 Å². The number of ether oxygens (including phenoxy) is 2. The zero-order valence-electron chi connectivity index (χ0n) is 17.0. The molecule has 3 heterocycles. The fourth-order valence-electron chi connectivity index (χ4n) is 3.59. The molecule has 0 radical (unpaired) electrons. The van der Waals surface area contributed by atoms with Gasteiger partial charge in [0.2, 0.25) is 5.91 Å². The predicted molar refractivity (Wildman–Crippen MR) is 113 cm³/mol. The summed E-state index contributed by atoms with van der Waals surface area (Å²) in [5.74, 6) is 0.899. The van der Waals surface area contributed by atoms with E-state index in [9.17, 15) is 4.79 Å². The smallest absolute Gasteiger partial charge is 0.228 e. The number of pyridine rings is 2. The van der Waals surface area contributed by atoms with Crippen LogP contribution in [0, 0.1) is 0 Å². The van der Waals surface area contributed by atoms with Crippen LogP contribution < -0.4 is 4.74 Å². The second-order valence-corrected chi connectivity index (χ2v) is 7.28. The van der Waals surface area contributed by atoms with Crippen LogP contribution in [-0.4, -0.2) is 47.6 Å². The largest absolute Gasteiger partial charge is 0.497 e. The number of methoxy groups -OCH3 is 1. The SMILES string of the molecule is COc1cccc(Cc2cccc(C3CN(C(=O)Cc4ccccn4)CCO3)n2)c1. The highest BCUT2D eigenvalue weighted by Gasteiger charge is 2.26. The molecule has 6 nitrogen and oxygen atoms in total. The Morgan fingerprint density at radius 1 is 1.13 bits per heavy atom. The summed E-state index contributed by atoms with van der Waals surface area (Å²) in [6.45, 7) is 1.59. The molecule has 4 rings (SSSR count). The van der Waals surface area contributed by atoms with Gasteiger partial charge in [0.05, 0.1) is 32.4 Å². The average molecular weight is 403 g/mol. The molecule has 3 aromatic rings. The van der Waals surface area contributed by atoms with Crippen LogP contribution in [0.5, 0.6) is 5.75 Å². The molecule has 2 aromatic heterocycles. The summed E-state index contributed by atoms with van der Waals surface area (Å²) < 4.78 is 11.3. The molecule has 1 aliphatic heterocycles. The monoisotopic (exact) mass is 403 g/mol. The molecule has 1 saturated heterocycles. The van der Waals surface area contributed by atoms with E-state index < -0.39 is 0 Å². The van der Waals surface area contributed by atoms with Gasteiger partial charge in [-0.3, -0.25) is 14.8 Å². The van der Waals surface area contributed by atoms with Crippen molar-refractivity contribution in [2.45, 2.75) is 18.9 Å². The van der Waals surface area contributed by atoms with Crippen molar-refractivity contribution in [2.24, 2.45) is 0 Å². The molecular weight excluding hydrogens is 378 g/mol. The van der Waals surface area contributed by atoms with E-state index in [-0.39, 0.29) is 12.0 Å². The lowest BCUT2D eigenvalue weighted by Gasteiger charge is -2.32. The Labute approximate surface area is 176 Å². The van der Waals surface area contributed by atoms with E-state index in [0.717, 1.165) is 28.4 Å². The molecule has 0 aliphatic carbocycles. The lowest BCUT2D eigenvalue weighted by atomic mass is 10.1. The van der Waals surface area contributed by atoms with Crippen LogP contribution in [0.1, 0.15) is 28.7 Å². The van der Waals surface area contributed by atoms with Crippen LogP contribution >= 0.6 is 0 Å².